The van der Waals surface area contributed by atoms with E-state index in [2.05, 4.69) is 21.2 Å². The number of amides is 2. The highest BCUT2D eigenvalue weighted by molar-refractivity contribution is 9.10. The van der Waals surface area contributed by atoms with Crippen LogP contribution in [0.1, 0.15) is 18.9 Å². The third-order valence-corrected chi connectivity index (χ3v) is 3.33. The zero-order valence-electron chi connectivity index (χ0n) is 11.6. The molecule has 0 radical (unpaired) electrons. The van der Waals surface area contributed by atoms with Gasteiger partial charge >= 0.3 is 12.0 Å². The van der Waals surface area contributed by atoms with Gasteiger partial charge in [0.1, 0.15) is 0 Å². The van der Waals surface area contributed by atoms with Crippen LogP contribution in [0.25, 0.3) is 0 Å². The summed E-state index contributed by atoms with van der Waals surface area (Å²) in [5.74, 6) is -0.938. The number of carbonyl (C=O) groups excluding carboxylic acids is 1. The van der Waals surface area contributed by atoms with Gasteiger partial charge in [-0.15, -0.1) is 0 Å². The molecule has 0 spiro atoms. The third kappa shape index (κ3) is 6.06. The summed E-state index contributed by atoms with van der Waals surface area (Å²) in [5.41, 5.74) is 1.03. The molecule has 0 aliphatic heterocycles. The molecule has 1 unspecified atom stereocenters. The number of hydrogen-bond acceptors (Lipinski definition) is 2. The van der Waals surface area contributed by atoms with Crippen LogP contribution in [0.5, 0.6) is 0 Å². The van der Waals surface area contributed by atoms with Crippen LogP contribution in [0.15, 0.2) is 28.7 Å². The Labute approximate surface area is 127 Å². The Hall–Kier alpha value is -1.56. The topological polar surface area (TPSA) is 69.6 Å². The lowest BCUT2D eigenvalue weighted by Crippen LogP contribution is -2.39. The van der Waals surface area contributed by atoms with Crippen LogP contribution < -0.4 is 5.32 Å². The number of aliphatic carboxylic acids is 1. The molecule has 110 valence electrons. The number of benzene rings is 1. The summed E-state index contributed by atoms with van der Waals surface area (Å²) in [6, 6.07) is 7.54. The first kappa shape index (κ1) is 16.5. The lowest BCUT2D eigenvalue weighted by atomic mass is 10.1. The molecule has 0 saturated carbocycles. The van der Waals surface area contributed by atoms with Gasteiger partial charge in [0.2, 0.25) is 0 Å². The van der Waals surface area contributed by atoms with Crippen molar-refractivity contribution in [2.24, 2.45) is 5.92 Å². The van der Waals surface area contributed by atoms with Crippen molar-refractivity contribution in [2.75, 3.05) is 13.6 Å². The average Bonchev–Trinajstić information content (AvgIpc) is 2.37. The van der Waals surface area contributed by atoms with E-state index >= 15 is 0 Å². The molecule has 20 heavy (non-hydrogen) atoms. The van der Waals surface area contributed by atoms with Crippen molar-refractivity contribution in [1.82, 2.24) is 10.2 Å². The maximum atomic E-state index is 11.9. The minimum Gasteiger partial charge on any atom is -0.481 e. The van der Waals surface area contributed by atoms with E-state index in [9.17, 15) is 9.59 Å². The first-order valence-electron chi connectivity index (χ1n) is 6.33. The standard InChI is InChI=1S/C14H19BrN2O3/c1-10(7-13(18)19)8-16-14(20)17(2)9-11-3-5-12(15)6-4-11/h3-6,10H,7-9H2,1-2H3,(H,16,20)(H,18,19). The molecule has 0 bridgehead atoms. The molecule has 6 heteroatoms. The fourth-order valence-corrected chi connectivity index (χ4v) is 1.97. The maximum absolute atomic E-state index is 11.9. The summed E-state index contributed by atoms with van der Waals surface area (Å²) >= 11 is 3.36. The Morgan fingerprint density at radius 2 is 1.95 bits per heavy atom. The van der Waals surface area contributed by atoms with Crippen LogP contribution in [0.4, 0.5) is 4.79 Å². The van der Waals surface area contributed by atoms with E-state index in [0.29, 0.717) is 13.1 Å². The van der Waals surface area contributed by atoms with E-state index in [1.807, 2.05) is 24.3 Å². The highest BCUT2D eigenvalue weighted by atomic mass is 79.9. The van der Waals surface area contributed by atoms with Crippen LogP contribution in [0, 0.1) is 5.92 Å². The van der Waals surface area contributed by atoms with Crippen molar-refractivity contribution >= 4 is 27.9 Å². The monoisotopic (exact) mass is 342 g/mol. The average molecular weight is 343 g/mol. The van der Waals surface area contributed by atoms with Gasteiger partial charge in [-0.3, -0.25) is 4.79 Å². The molecule has 1 aromatic carbocycles. The molecule has 1 atom stereocenters. The number of rotatable bonds is 6. The van der Waals surface area contributed by atoms with Gasteiger partial charge in [0, 0.05) is 31.0 Å². The van der Waals surface area contributed by atoms with Crippen molar-refractivity contribution in [3.05, 3.63) is 34.3 Å². The second-order valence-corrected chi connectivity index (χ2v) is 5.79. The van der Waals surface area contributed by atoms with Gasteiger partial charge in [0.05, 0.1) is 0 Å². The zero-order valence-corrected chi connectivity index (χ0v) is 13.2. The minimum atomic E-state index is -0.852. The molecule has 0 aromatic heterocycles. The highest BCUT2D eigenvalue weighted by Gasteiger charge is 2.12. The van der Waals surface area contributed by atoms with E-state index in [1.54, 1.807) is 18.9 Å². The summed E-state index contributed by atoms with van der Waals surface area (Å²) in [7, 11) is 1.71. The quantitative estimate of drug-likeness (QED) is 0.834. The Bertz CT molecular complexity index is 462. The SMILES string of the molecule is CC(CNC(=O)N(C)Cc1ccc(Br)cc1)CC(=O)O. The van der Waals surface area contributed by atoms with Crippen molar-refractivity contribution < 1.29 is 14.7 Å². The van der Waals surface area contributed by atoms with Crippen molar-refractivity contribution in [3.63, 3.8) is 0 Å². The lowest BCUT2D eigenvalue weighted by Gasteiger charge is -2.19. The van der Waals surface area contributed by atoms with Gasteiger partial charge in [-0.2, -0.15) is 0 Å². The first-order chi connectivity index (χ1) is 9.38. The van der Waals surface area contributed by atoms with E-state index in [4.69, 9.17) is 5.11 Å². The number of nitrogens with one attached hydrogen (secondary N) is 1. The first-order valence-corrected chi connectivity index (χ1v) is 7.13. The number of urea groups is 1. The summed E-state index contributed by atoms with van der Waals surface area (Å²) in [6.45, 7) is 2.66. The fraction of sp³-hybridized carbons (Fsp3) is 0.429. The number of carboxylic acid groups (broad SMARTS) is 1. The molecule has 0 saturated heterocycles. The molecule has 0 fully saturated rings. The smallest absolute Gasteiger partial charge is 0.317 e. The van der Waals surface area contributed by atoms with Gasteiger partial charge in [-0.25, -0.2) is 4.79 Å². The lowest BCUT2D eigenvalue weighted by molar-refractivity contribution is -0.137. The maximum Gasteiger partial charge on any atom is 0.317 e. The summed E-state index contributed by atoms with van der Waals surface area (Å²) in [5, 5.41) is 11.4. The predicted molar refractivity (Wildman–Crippen MR) is 80.4 cm³/mol. The number of nitrogens with zero attached hydrogens (tertiary/aromatic N) is 1. The van der Waals surface area contributed by atoms with Gasteiger partial charge in [-0.1, -0.05) is 35.0 Å². The second-order valence-electron chi connectivity index (χ2n) is 4.87. The summed E-state index contributed by atoms with van der Waals surface area (Å²) < 4.78 is 0.996. The molecular weight excluding hydrogens is 324 g/mol. The van der Waals surface area contributed by atoms with E-state index in [1.165, 1.54) is 0 Å². The van der Waals surface area contributed by atoms with Crippen molar-refractivity contribution in [1.29, 1.82) is 0 Å². The molecular formula is C14H19BrN2O3. The second kappa shape index (κ2) is 7.89. The molecule has 0 aliphatic rings. The molecule has 1 rings (SSSR count). The molecule has 2 N–H and O–H groups in total. The van der Waals surface area contributed by atoms with Crippen molar-refractivity contribution in [3.8, 4) is 0 Å². The van der Waals surface area contributed by atoms with Crippen LogP contribution in [-0.4, -0.2) is 35.6 Å². The van der Waals surface area contributed by atoms with Gasteiger partial charge < -0.3 is 15.3 Å². The number of carbonyl (C=O) groups is 2. The Morgan fingerprint density at radius 1 is 1.35 bits per heavy atom. The summed E-state index contributed by atoms with van der Waals surface area (Å²) in [6.07, 6.45) is 0.0523. The molecule has 0 heterocycles. The number of carboxylic acids is 1. The minimum absolute atomic E-state index is 0.0523. The molecule has 1 aromatic rings. The number of halogens is 1. The van der Waals surface area contributed by atoms with E-state index in [-0.39, 0.29) is 18.4 Å². The number of hydrogen-bond donors (Lipinski definition) is 2. The zero-order chi connectivity index (χ0) is 15.1. The van der Waals surface area contributed by atoms with E-state index < -0.39 is 5.97 Å². The Kier molecular flexibility index (Phi) is 6.51. The van der Waals surface area contributed by atoms with Crippen molar-refractivity contribution in [2.45, 2.75) is 19.9 Å². The highest BCUT2D eigenvalue weighted by Crippen LogP contribution is 2.11. The molecule has 5 nitrogen and oxygen atoms in total. The van der Waals surface area contributed by atoms with Gasteiger partial charge in [-0.05, 0) is 23.6 Å². The van der Waals surface area contributed by atoms with E-state index in [0.717, 1.165) is 10.0 Å². The Morgan fingerprint density at radius 3 is 2.50 bits per heavy atom. The largest absolute Gasteiger partial charge is 0.481 e. The van der Waals surface area contributed by atoms with Crippen LogP contribution in [-0.2, 0) is 11.3 Å². The van der Waals surface area contributed by atoms with Gasteiger partial charge in [0.25, 0.3) is 0 Å². The Balaban J connectivity index is 2.39. The summed E-state index contributed by atoms with van der Waals surface area (Å²) in [4.78, 5) is 24.0. The predicted octanol–water partition coefficient (Wildman–Crippen LogP) is 2.70. The normalized spacial score (nSPS) is 11.8. The van der Waals surface area contributed by atoms with Crippen LogP contribution in [0.2, 0.25) is 0 Å². The molecule has 0 aliphatic carbocycles. The van der Waals surface area contributed by atoms with Crippen LogP contribution >= 0.6 is 15.9 Å². The van der Waals surface area contributed by atoms with Gasteiger partial charge in [0.15, 0.2) is 0 Å². The fourth-order valence-electron chi connectivity index (χ4n) is 1.70. The van der Waals surface area contributed by atoms with Crippen LogP contribution in [0.3, 0.4) is 0 Å². The third-order valence-electron chi connectivity index (χ3n) is 2.80. The molecule has 2 amide bonds.